The van der Waals surface area contributed by atoms with Crippen LogP contribution in [0.15, 0.2) is 30.9 Å². The van der Waals surface area contributed by atoms with Crippen LogP contribution in [-0.2, 0) is 0 Å². The first-order chi connectivity index (χ1) is 6.56. The number of allylic oxidation sites excluding steroid dienone is 1. The predicted octanol–water partition coefficient (Wildman–Crippen LogP) is 4.05. The van der Waals surface area contributed by atoms with Gasteiger partial charge in [-0.15, -0.1) is 6.58 Å². The molecule has 0 bridgehead atoms. The van der Waals surface area contributed by atoms with Crippen LogP contribution in [0.3, 0.4) is 0 Å². The zero-order valence-corrected chi connectivity index (χ0v) is 8.76. The fourth-order valence-corrected chi connectivity index (χ4v) is 1.38. The summed E-state index contributed by atoms with van der Waals surface area (Å²) >= 11 is 0. The summed E-state index contributed by atoms with van der Waals surface area (Å²) in [6, 6.07) is 5.30. The molecular formula is C13H16F. The molecule has 1 radical (unpaired) electrons. The van der Waals surface area contributed by atoms with Crippen molar-refractivity contribution in [3.8, 4) is 0 Å². The molecule has 1 atom stereocenters. The summed E-state index contributed by atoms with van der Waals surface area (Å²) < 4.78 is 13.5. The van der Waals surface area contributed by atoms with Gasteiger partial charge in [0.1, 0.15) is 5.82 Å². The Labute approximate surface area is 85.5 Å². The van der Waals surface area contributed by atoms with E-state index in [1.54, 1.807) is 12.1 Å². The molecule has 0 spiro atoms. The Balaban J connectivity index is 3.06. The van der Waals surface area contributed by atoms with Crippen molar-refractivity contribution >= 4 is 0 Å². The van der Waals surface area contributed by atoms with E-state index in [2.05, 4.69) is 13.5 Å². The predicted molar refractivity (Wildman–Crippen MR) is 58.8 cm³/mol. The fraction of sp³-hybridized carbons (Fsp3) is 0.308. The van der Waals surface area contributed by atoms with Gasteiger partial charge in [-0.2, -0.15) is 0 Å². The van der Waals surface area contributed by atoms with E-state index in [0.29, 0.717) is 0 Å². The molecule has 0 aliphatic rings. The number of hydrogen-bond acceptors (Lipinski definition) is 0. The van der Waals surface area contributed by atoms with Gasteiger partial charge in [-0.1, -0.05) is 32.1 Å². The third-order valence-electron chi connectivity index (χ3n) is 2.36. The molecule has 0 amide bonds. The highest BCUT2D eigenvalue weighted by Gasteiger charge is 2.09. The van der Waals surface area contributed by atoms with Crippen LogP contribution in [0, 0.1) is 12.7 Å². The minimum atomic E-state index is -0.145. The molecule has 0 aliphatic carbocycles. The van der Waals surface area contributed by atoms with Gasteiger partial charge in [0, 0.05) is 5.92 Å². The van der Waals surface area contributed by atoms with Crippen LogP contribution in [0.2, 0.25) is 0 Å². The Kier molecular flexibility index (Phi) is 3.45. The monoisotopic (exact) mass is 191 g/mol. The highest BCUT2D eigenvalue weighted by atomic mass is 19.1. The maximum atomic E-state index is 13.5. The van der Waals surface area contributed by atoms with Crippen molar-refractivity contribution in [3.05, 3.63) is 54.7 Å². The molecule has 0 saturated carbocycles. The molecule has 1 heteroatoms. The first-order valence-corrected chi connectivity index (χ1v) is 4.81. The van der Waals surface area contributed by atoms with E-state index in [0.717, 1.165) is 11.1 Å². The van der Waals surface area contributed by atoms with Gasteiger partial charge in [0.2, 0.25) is 0 Å². The summed E-state index contributed by atoms with van der Waals surface area (Å²) in [7, 11) is 0. The minimum absolute atomic E-state index is 0.0364. The first-order valence-electron chi connectivity index (χ1n) is 4.81. The molecule has 0 fully saturated rings. The van der Waals surface area contributed by atoms with E-state index >= 15 is 0 Å². The number of benzene rings is 1. The minimum Gasteiger partial charge on any atom is -0.207 e. The average Bonchev–Trinajstić information content (AvgIpc) is 2.15. The van der Waals surface area contributed by atoms with Gasteiger partial charge in [0.25, 0.3) is 0 Å². The van der Waals surface area contributed by atoms with Gasteiger partial charge in [0.05, 0.1) is 0 Å². The second kappa shape index (κ2) is 4.41. The number of halogens is 1. The molecule has 0 N–H and O–H groups in total. The standard InChI is InChI=1S/C13H16F/c1-5-10(4)11-6-7-12(9(2)3)13(14)8-11/h5-10H,1,4H2,2-3H3. The van der Waals surface area contributed by atoms with Crippen LogP contribution in [0.4, 0.5) is 4.39 Å². The third-order valence-corrected chi connectivity index (χ3v) is 2.36. The molecule has 1 rings (SSSR count). The zero-order chi connectivity index (χ0) is 10.7. The lowest BCUT2D eigenvalue weighted by Crippen LogP contribution is -1.96. The second-order valence-electron chi connectivity index (χ2n) is 3.78. The number of hydrogen-bond donors (Lipinski definition) is 0. The summed E-state index contributed by atoms with van der Waals surface area (Å²) in [6.07, 6.45) is 1.71. The highest BCUT2D eigenvalue weighted by molar-refractivity contribution is 5.31. The lowest BCUT2D eigenvalue weighted by atomic mass is 9.96. The van der Waals surface area contributed by atoms with Crippen LogP contribution in [0.25, 0.3) is 0 Å². The van der Waals surface area contributed by atoms with Gasteiger partial charge < -0.3 is 0 Å². The van der Waals surface area contributed by atoms with E-state index in [1.165, 1.54) is 0 Å². The van der Waals surface area contributed by atoms with Crippen LogP contribution in [-0.4, -0.2) is 0 Å². The van der Waals surface area contributed by atoms with Crippen molar-refractivity contribution in [1.82, 2.24) is 0 Å². The molecular weight excluding hydrogens is 175 g/mol. The molecule has 0 heterocycles. The van der Waals surface area contributed by atoms with Crippen molar-refractivity contribution in [3.63, 3.8) is 0 Å². The molecule has 0 aliphatic heterocycles. The van der Waals surface area contributed by atoms with Gasteiger partial charge in [-0.05, 0) is 30.0 Å². The molecule has 0 aromatic heterocycles. The molecule has 1 unspecified atom stereocenters. The van der Waals surface area contributed by atoms with Crippen LogP contribution >= 0.6 is 0 Å². The largest absolute Gasteiger partial charge is 0.207 e. The van der Waals surface area contributed by atoms with Gasteiger partial charge in [0.15, 0.2) is 0 Å². The van der Waals surface area contributed by atoms with E-state index < -0.39 is 0 Å². The third kappa shape index (κ3) is 2.22. The highest BCUT2D eigenvalue weighted by Crippen LogP contribution is 2.23. The Morgan fingerprint density at radius 2 is 2.00 bits per heavy atom. The van der Waals surface area contributed by atoms with Crippen molar-refractivity contribution in [1.29, 1.82) is 0 Å². The van der Waals surface area contributed by atoms with Crippen molar-refractivity contribution in [2.75, 3.05) is 0 Å². The van der Waals surface area contributed by atoms with E-state index in [-0.39, 0.29) is 17.7 Å². The second-order valence-corrected chi connectivity index (χ2v) is 3.78. The molecule has 14 heavy (non-hydrogen) atoms. The quantitative estimate of drug-likeness (QED) is 0.632. The summed E-state index contributed by atoms with van der Waals surface area (Å²) in [6.45, 7) is 11.5. The Morgan fingerprint density at radius 1 is 1.36 bits per heavy atom. The van der Waals surface area contributed by atoms with Gasteiger partial charge in [-0.3, -0.25) is 0 Å². The van der Waals surface area contributed by atoms with Crippen LogP contribution in [0.5, 0.6) is 0 Å². The Bertz CT molecular complexity index is 326. The lowest BCUT2D eigenvalue weighted by molar-refractivity contribution is 0.596. The van der Waals surface area contributed by atoms with Gasteiger partial charge in [-0.25, -0.2) is 4.39 Å². The molecule has 0 saturated heterocycles. The van der Waals surface area contributed by atoms with Crippen molar-refractivity contribution in [2.45, 2.75) is 25.7 Å². The number of rotatable bonds is 3. The Morgan fingerprint density at radius 3 is 2.43 bits per heavy atom. The average molecular weight is 191 g/mol. The molecule has 1 aromatic carbocycles. The van der Waals surface area contributed by atoms with E-state index in [1.807, 2.05) is 26.0 Å². The van der Waals surface area contributed by atoms with E-state index in [9.17, 15) is 4.39 Å². The molecule has 1 aromatic rings. The van der Waals surface area contributed by atoms with E-state index in [4.69, 9.17) is 0 Å². The van der Waals surface area contributed by atoms with Crippen molar-refractivity contribution in [2.24, 2.45) is 0 Å². The lowest BCUT2D eigenvalue weighted by Gasteiger charge is -2.11. The first kappa shape index (κ1) is 11.0. The zero-order valence-electron chi connectivity index (χ0n) is 8.76. The fourth-order valence-electron chi connectivity index (χ4n) is 1.38. The maximum Gasteiger partial charge on any atom is 0.126 e. The summed E-state index contributed by atoms with van der Waals surface area (Å²) in [5, 5.41) is 0. The molecule has 0 nitrogen and oxygen atoms in total. The summed E-state index contributed by atoms with van der Waals surface area (Å²) in [5.41, 5.74) is 1.63. The maximum absolute atomic E-state index is 13.5. The van der Waals surface area contributed by atoms with Crippen molar-refractivity contribution < 1.29 is 4.39 Å². The SMILES string of the molecule is [CH2]C(C=C)c1ccc(C(C)C)c(F)c1. The van der Waals surface area contributed by atoms with Crippen LogP contribution < -0.4 is 0 Å². The topological polar surface area (TPSA) is 0 Å². The Hall–Kier alpha value is -1.11. The molecule has 75 valence electrons. The normalized spacial score (nSPS) is 12.9. The van der Waals surface area contributed by atoms with Crippen LogP contribution in [0.1, 0.15) is 36.8 Å². The van der Waals surface area contributed by atoms with Gasteiger partial charge >= 0.3 is 0 Å². The summed E-state index contributed by atoms with van der Waals surface area (Å²) in [5.74, 6) is 0.0368. The summed E-state index contributed by atoms with van der Waals surface area (Å²) in [4.78, 5) is 0. The smallest absolute Gasteiger partial charge is 0.126 e.